The predicted molar refractivity (Wildman–Crippen MR) is 77.0 cm³/mol. The van der Waals surface area contributed by atoms with Gasteiger partial charge in [-0.2, -0.15) is 0 Å². The Hall–Kier alpha value is -0.430. The Bertz CT molecular complexity index is 321. The van der Waals surface area contributed by atoms with Crippen LogP contribution in [-0.2, 0) is 9.05 Å². The molecule has 3 heteroatoms. The van der Waals surface area contributed by atoms with Gasteiger partial charge in [0.1, 0.15) is 0 Å². The van der Waals surface area contributed by atoms with Crippen molar-refractivity contribution in [2.75, 3.05) is 19.4 Å². The van der Waals surface area contributed by atoms with E-state index in [1.54, 1.807) is 0 Å². The van der Waals surface area contributed by atoms with E-state index in [1.807, 2.05) is 0 Å². The Morgan fingerprint density at radius 2 is 1.78 bits per heavy atom. The quantitative estimate of drug-likeness (QED) is 0.548. The van der Waals surface area contributed by atoms with Crippen LogP contribution in [0.1, 0.15) is 44.1 Å². The molecule has 1 aromatic rings. The van der Waals surface area contributed by atoms with Crippen LogP contribution >= 0.6 is 8.38 Å². The van der Waals surface area contributed by atoms with Crippen LogP contribution in [0.15, 0.2) is 30.3 Å². The van der Waals surface area contributed by atoms with Crippen LogP contribution in [0.3, 0.4) is 0 Å². The van der Waals surface area contributed by atoms with Crippen molar-refractivity contribution in [3.63, 3.8) is 0 Å². The SMILES string of the molecule is CCCCCCP1OCC(c2ccccc2)CO1. The van der Waals surface area contributed by atoms with Gasteiger partial charge in [-0.1, -0.05) is 56.5 Å². The lowest BCUT2D eigenvalue weighted by Gasteiger charge is -2.28. The monoisotopic (exact) mass is 266 g/mol. The summed E-state index contributed by atoms with van der Waals surface area (Å²) >= 11 is 0. The maximum atomic E-state index is 5.87. The first-order chi connectivity index (χ1) is 8.90. The van der Waals surface area contributed by atoms with Crippen LogP contribution in [0.5, 0.6) is 0 Å². The van der Waals surface area contributed by atoms with E-state index in [2.05, 4.69) is 37.3 Å². The summed E-state index contributed by atoms with van der Waals surface area (Å²) in [7, 11) is -0.605. The lowest BCUT2D eigenvalue weighted by Crippen LogP contribution is -2.18. The normalized spacial score (nSPS) is 24.1. The Morgan fingerprint density at radius 3 is 2.44 bits per heavy atom. The second-order valence-electron chi connectivity index (χ2n) is 4.82. The first-order valence-corrected chi connectivity index (χ1v) is 8.34. The lowest BCUT2D eigenvalue weighted by molar-refractivity contribution is 0.156. The summed E-state index contributed by atoms with van der Waals surface area (Å²) in [4.78, 5) is 0. The maximum Gasteiger partial charge on any atom is 0.170 e. The zero-order valence-electron chi connectivity index (χ0n) is 11.2. The van der Waals surface area contributed by atoms with Crippen LogP contribution in [0, 0.1) is 0 Å². The number of hydrogen-bond acceptors (Lipinski definition) is 2. The number of rotatable bonds is 6. The van der Waals surface area contributed by atoms with Gasteiger partial charge in [-0.05, 0) is 12.0 Å². The molecule has 18 heavy (non-hydrogen) atoms. The molecular formula is C15H23O2P. The van der Waals surface area contributed by atoms with E-state index in [4.69, 9.17) is 9.05 Å². The van der Waals surface area contributed by atoms with Crippen molar-refractivity contribution in [3.8, 4) is 0 Å². The topological polar surface area (TPSA) is 18.5 Å². The highest BCUT2D eigenvalue weighted by Gasteiger charge is 2.23. The molecule has 100 valence electrons. The zero-order valence-corrected chi connectivity index (χ0v) is 12.1. The molecule has 0 atom stereocenters. The molecule has 0 spiro atoms. The summed E-state index contributed by atoms with van der Waals surface area (Å²) in [6.07, 6.45) is 6.28. The summed E-state index contributed by atoms with van der Waals surface area (Å²) in [5.41, 5.74) is 1.33. The van der Waals surface area contributed by atoms with E-state index < -0.39 is 8.38 Å². The first-order valence-electron chi connectivity index (χ1n) is 6.98. The number of benzene rings is 1. The number of hydrogen-bond donors (Lipinski definition) is 0. The standard InChI is InChI=1S/C15H23O2P/c1-2-3-4-8-11-18-16-12-15(13-17-18)14-9-6-5-7-10-14/h5-7,9-10,15H,2-4,8,11-13H2,1H3. The summed E-state index contributed by atoms with van der Waals surface area (Å²) in [5, 5.41) is 0. The Morgan fingerprint density at radius 1 is 1.06 bits per heavy atom. The molecular weight excluding hydrogens is 243 g/mol. The van der Waals surface area contributed by atoms with Crippen molar-refractivity contribution in [2.24, 2.45) is 0 Å². The minimum Gasteiger partial charge on any atom is -0.333 e. The zero-order chi connectivity index (χ0) is 12.6. The van der Waals surface area contributed by atoms with Gasteiger partial charge in [-0.15, -0.1) is 0 Å². The molecule has 1 aromatic carbocycles. The Balaban J connectivity index is 1.68. The molecule has 2 nitrogen and oxygen atoms in total. The van der Waals surface area contributed by atoms with Gasteiger partial charge in [0.2, 0.25) is 0 Å². The Kier molecular flexibility index (Phi) is 6.13. The molecule has 2 rings (SSSR count). The van der Waals surface area contributed by atoms with Gasteiger partial charge in [-0.3, -0.25) is 0 Å². The molecule has 1 saturated heterocycles. The molecule has 0 amide bonds. The largest absolute Gasteiger partial charge is 0.333 e. The van der Waals surface area contributed by atoms with Gasteiger partial charge >= 0.3 is 0 Å². The third-order valence-electron chi connectivity index (χ3n) is 3.30. The predicted octanol–water partition coefficient (Wildman–Crippen LogP) is 4.71. The van der Waals surface area contributed by atoms with Gasteiger partial charge in [0, 0.05) is 12.1 Å². The molecule has 1 fully saturated rings. The van der Waals surface area contributed by atoms with Gasteiger partial charge in [0.05, 0.1) is 13.2 Å². The highest BCUT2D eigenvalue weighted by Crippen LogP contribution is 2.45. The smallest absolute Gasteiger partial charge is 0.170 e. The third-order valence-corrected chi connectivity index (χ3v) is 4.86. The van der Waals surface area contributed by atoms with Crippen molar-refractivity contribution >= 4 is 8.38 Å². The van der Waals surface area contributed by atoms with Crippen molar-refractivity contribution in [2.45, 2.75) is 38.5 Å². The van der Waals surface area contributed by atoms with E-state index in [0.29, 0.717) is 5.92 Å². The first kappa shape index (κ1) is 14.0. The van der Waals surface area contributed by atoms with Crippen molar-refractivity contribution in [3.05, 3.63) is 35.9 Å². The average Bonchev–Trinajstić information content (AvgIpc) is 2.45. The molecule has 1 heterocycles. The molecule has 0 radical (unpaired) electrons. The Labute approximate surface area is 112 Å². The fourth-order valence-corrected chi connectivity index (χ4v) is 3.65. The molecule has 0 N–H and O–H groups in total. The van der Waals surface area contributed by atoms with Crippen LogP contribution in [-0.4, -0.2) is 19.4 Å². The van der Waals surface area contributed by atoms with Gasteiger partial charge in [0.25, 0.3) is 0 Å². The second kappa shape index (κ2) is 7.89. The average molecular weight is 266 g/mol. The highest BCUT2D eigenvalue weighted by molar-refractivity contribution is 7.47. The van der Waals surface area contributed by atoms with Gasteiger partial charge in [0.15, 0.2) is 8.38 Å². The van der Waals surface area contributed by atoms with E-state index >= 15 is 0 Å². The van der Waals surface area contributed by atoms with Crippen LogP contribution in [0.25, 0.3) is 0 Å². The summed E-state index contributed by atoms with van der Waals surface area (Å²) in [5.74, 6) is 0.417. The minimum atomic E-state index is -0.605. The van der Waals surface area contributed by atoms with E-state index in [-0.39, 0.29) is 0 Å². The van der Waals surface area contributed by atoms with Gasteiger partial charge < -0.3 is 9.05 Å². The molecule has 1 aliphatic heterocycles. The molecule has 0 saturated carbocycles. The summed E-state index contributed by atoms with van der Waals surface area (Å²) < 4.78 is 11.7. The van der Waals surface area contributed by atoms with E-state index in [0.717, 1.165) is 19.4 Å². The highest BCUT2D eigenvalue weighted by atomic mass is 31.2. The van der Waals surface area contributed by atoms with Crippen molar-refractivity contribution in [1.82, 2.24) is 0 Å². The van der Waals surface area contributed by atoms with Crippen LogP contribution in [0.4, 0.5) is 0 Å². The van der Waals surface area contributed by atoms with Crippen LogP contribution in [0.2, 0.25) is 0 Å². The fraction of sp³-hybridized carbons (Fsp3) is 0.600. The number of unbranched alkanes of at least 4 members (excludes halogenated alkanes) is 3. The third kappa shape index (κ3) is 4.35. The van der Waals surface area contributed by atoms with E-state index in [1.165, 1.54) is 31.2 Å². The molecule has 0 bridgehead atoms. The maximum absolute atomic E-state index is 5.87. The molecule has 0 aliphatic carbocycles. The fourth-order valence-electron chi connectivity index (χ4n) is 2.15. The van der Waals surface area contributed by atoms with Gasteiger partial charge in [-0.25, -0.2) is 0 Å². The van der Waals surface area contributed by atoms with Crippen molar-refractivity contribution in [1.29, 1.82) is 0 Å². The molecule has 0 unspecified atom stereocenters. The second-order valence-corrected chi connectivity index (χ2v) is 6.45. The van der Waals surface area contributed by atoms with Crippen molar-refractivity contribution < 1.29 is 9.05 Å². The van der Waals surface area contributed by atoms with Crippen LogP contribution < -0.4 is 0 Å². The lowest BCUT2D eigenvalue weighted by atomic mass is 10.0. The summed E-state index contributed by atoms with van der Waals surface area (Å²) in [6, 6.07) is 10.5. The molecule has 1 aliphatic rings. The summed E-state index contributed by atoms with van der Waals surface area (Å²) in [6.45, 7) is 3.89. The minimum absolute atomic E-state index is 0.417. The van der Waals surface area contributed by atoms with E-state index in [9.17, 15) is 0 Å². The molecule has 0 aromatic heterocycles.